The Balaban J connectivity index is 1.93. The van der Waals surface area contributed by atoms with Crippen LogP contribution in [0.2, 0.25) is 0 Å². The number of likely N-dealkylation sites (tertiary alicyclic amines) is 1. The van der Waals surface area contributed by atoms with Crippen molar-refractivity contribution in [3.63, 3.8) is 0 Å². The summed E-state index contributed by atoms with van der Waals surface area (Å²) in [4.78, 5) is 14.8. The van der Waals surface area contributed by atoms with Crippen molar-refractivity contribution in [2.45, 2.75) is 64.1 Å². The number of ether oxygens (including phenoxy) is 1. The summed E-state index contributed by atoms with van der Waals surface area (Å²) in [5.74, 6) is 0.596. The van der Waals surface area contributed by atoms with E-state index in [0.717, 1.165) is 6.42 Å². The number of methoxy groups -OCH3 is 1. The maximum Gasteiger partial charge on any atom is 0.323 e. The number of hydrogen-bond acceptors (Lipinski definition) is 3. The van der Waals surface area contributed by atoms with Crippen LogP contribution in [0.5, 0.6) is 0 Å². The highest BCUT2D eigenvalue weighted by Gasteiger charge is 2.47. The van der Waals surface area contributed by atoms with E-state index in [0.29, 0.717) is 12.0 Å². The minimum atomic E-state index is -0.0762. The average Bonchev–Trinajstić information content (AvgIpc) is 2.93. The third kappa shape index (κ3) is 2.67. The number of fused-ring (bicyclic) bond motifs is 1. The van der Waals surface area contributed by atoms with Gasteiger partial charge in [-0.3, -0.25) is 9.69 Å². The third-order valence-corrected chi connectivity index (χ3v) is 5.70. The van der Waals surface area contributed by atoms with Gasteiger partial charge in [0.2, 0.25) is 0 Å². The molecular formula is C19H27NO2. The fraction of sp³-hybridized carbons (Fsp3) is 0.632. The zero-order valence-electron chi connectivity index (χ0n) is 13.9. The highest BCUT2D eigenvalue weighted by atomic mass is 16.5. The van der Waals surface area contributed by atoms with Crippen molar-refractivity contribution in [2.24, 2.45) is 5.92 Å². The van der Waals surface area contributed by atoms with Gasteiger partial charge in [0, 0.05) is 12.1 Å². The molecule has 3 rings (SSSR count). The Morgan fingerprint density at radius 2 is 2.00 bits per heavy atom. The third-order valence-electron chi connectivity index (χ3n) is 5.70. The fourth-order valence-electron chi connectivity index (χ4n) is 4.62. The van der Waals surface area contributed by atoms with E-state index < -0.39 is 0 Å². The van der Waals surface area contributed by atoms with Gasteiger partial charge in [0.15, 0.2) is 0 Å². The van der Waals surface area contributed by atoms with Crippen molar-refractivity contribution in [1.82, 2.24) is 4.90 Å². The maximum absolute atomic E-state index is 12.3. The molecule has 3 heteroatoms. The molecular weight excluding hydrogens is 274 g/mol. The van der Waals surface area contributed by atoms with Crippen LogP contribution in [0.15, 0.2) is 24.3 Å². The first kappa shape index (κ1) is 15.5. The van der Waals surface area contributed by atoms with Crippen LogP contribution in [0.1, 0.15) is 56.2 Å². The van der Waals surface area contributed by atoms with E-state index in [1.165, 1.54) is 43.9 Å². The highest BCUT2D eigenvalue weighted by Crippen LogP contribution is 2.44. The first-order valence-electron chi connectivity index (χ1n) is 8.54. The Morgan fingerprint density at radius 3 is 2.73 bits per heavy atom. The average molecular weight is 301 g/mol. The van der Waals surface area contributed by atoms with Crippen LogP contribution in [-0.2, 0) is 9.53 Å². The molecule has 0 aromatic heterocycles. The highest BCUT2D eigenvalue weighted by molar-refractivity contribution is 5.76. The molecule has 120 valence electrons. The Bertz CT molecular complexity index is 542. The van der Waals surface area contributed by atoms with Crippen molar-refractivity contribution in [3.05, 3.63) is 35.4 Å². The van der Waals surface area contributed by atoms with Gasteiger partial charge in [-0.15, -0.1) is 0 Å². The predicted molar refractivity (Wildman–Crippen MR) is 87.6 cm³/mol. The van der Waals surface area contributed by atoms with Crippen LogP contribution in [0.4, 0.5) is 0 Å². The molecule has 0 radical (unpaired) electrons. The maximum atomic E-state index is 12.3. The van der Waals surface area contributed by atoms with E-state index in [2.05, 4.69) is 43.0 Å². The lowest BCUT2D eigenvalue weighted by Gasteiger charge is -2.38. The second-order valence-corrected chi connectivity index (χ2v) is 6.87. The summed E-state index contributed by atoms with van der Waals surface area (Å²) < 4.78 is 5.11. The number of hydrogen-bond donors (Lipinski definition) is 0. The van der Waals surface area contributed by atoms with Gasteiger partial charge in [-0.25, -0.2) is 0 Å². The summed E-state index contributed by atoms with van der Waals surface area (Å²) in [7, 11) is 1.51. The number of rotatable bonds is 3. The Morgan fingerprint density at radius 1 is 1.27 bits per heavy atom. The second kappa shape index (κ2) is 6.41. The molecule has 1 aliphatic carbocycles. The molecule has 2 aliphatic rings. The molecule has 1 saturated heterocycles. The molecule has 0 N–H and O–H groups in total. The molecule has 0 unspecified atom stereocenters. The van der Waals surface area contributed by atoms with Gasteiger partial charge in [-0.05, 0) is 50.2 Å². The zero-order valence-corrected chi connectivity index (χ0v) is 13.9. The molecule has 22 heavy (non-hydrogen) atoms. The fourth-order valence-corrected chi connectivity index (χ4v) is 4.62. The topological polar surface area (TPSA) is 29.5 Å². The monoisotopic (exact) mass is 301 g/mol. The van der Waals surface area contributed by atoms with Gasteiger partial charge in [0.05, 0.1) is 7.11 Å². The largest absolute Gasteiger partial charge is 0.468 e. The van der Waals surface area contributed by atoms with Gasteiger partial charge in [-0.1, -0.05) is 37.1 Å². The quantitative estimate of drug-likeness (QED) is 0.794. The summed E-state index contributed by atoms with van der Waals surface area (Å²) in [6.45, 7) is 4.41. The molecule has 0 bridgehead atoms. The van der Waals surface area contributed by atoms with Crippen molar-refractivity contribution in [1.29, 1.82) is 0 Å². The summed E-state index contributed by atoms with van der Waals surface area (Å²) >= 11 is 0. The van der Waals surface area contributed by atoms with Gasteiger partial charge < -0.3 is 4.74 Å². The minimum absolute atomic E-state index is 0.0603. The molecule has 3 nitrogen and oxygen atoms in total. The van der Waals surface area contributed by atoms with Crippen LogP contribution in [-0.4, -0.2) is 30.1 Å². The number of aryl methyl sites for hydroxylation is 1. The van der Waals surface area contributed by atoms with Crippen LogP contribution in [0.25, 0.3) is 0 Å². The Kier molecular flexibility index (Phi) is 4.53. The molecule has 1 aromatic carbocycles. The lowest BCUT2D eigenvalue weighted by Crippen LogP contribution is -2.44. The van der Waals surface area contributed by atoms with E-state index in [1.807, 2.05) is 0 Å². The molecule has 1 heterocycles. The van der Waals surface area contributed by atoms with Crippen LogP contribution < -0.4 is 0 Å². The summed E-state index contributed by atoms with van der Waals surface area (Å²) in [6, 6.07) is 9.26. The van der Waals surface area contributed by atoms with Crippen molar-refractivity contribution >= 4 is 5.97 Å². The first-order chi connectivity index (χ1) is 10.6. The van der Waals surface area contributed by atoms with Crippen LogP contribution >= 0.6 is 0 Å². The van der Waals surface area contributed by atoms with E-state index in [-0.39, 0.29) is 18.1 Å². The molecule has 1 saturated carbocycles. The van der Waals surface area contributed by atoms with Crippen molar-refractivity contribution in [3.8, 4) is 0 Å². The lowest BCUT2D eigenvalue weighted by atomic mass is 9.84. The number of carbonyl (C=O) groups excluding carboxylic acids is 1. The normalized spacial score (nSPS) is 29.9. The van der Waals surface area contributed by atoms with E-state index >= 15 is 0 Å². The summed E-state index contributed by atoms with van der Waals surface area (Å²) in [5, 5.41) is 0. The zero-order chi connectivity index (χ0) is 15.7. The van der Waals surface area contributed by atoms with Crippen LogP contribution in [0.3, 0.4) is 0 Å². The van der Waals surface area contributed by atoms with E-state index in [4.69, 9.17) is 4.74 Å². The SMILES string of the molecule is COC(=O)[C@@H]1C[C@@H]2CCCC[C@@H]2N1[C@H](C)c1ccccc1C. The predicted octanol–water partition coefficient (Wildman–Crippen LogP) is 3.86. The first-order valence-corrected chi connectivity index (χ1v) is 8.54. The molecule has 1 aromatic rings. The smallest absolute Gasteiger partial charge is 0.323 e. The molecule has 0 amide bonds. The lowest BCUT2D eigenvalue weighted by molar-refractivity contribution is -0.147. The standard InChI is InChI=1S/C19H27NO2/c1-13-8-4-6-10-16(13)14(2)20-17-11-7-5-9-15(17)12-18(20)19(21)22-3/h4,6,8,10,14-15,17-18H,5,7,9,11-12H2,1-3H3/t14-,15+,17+,18+/m1/s1. The van der Waals surface area contributed by atoms with Gasteiger partial charge in [0.25, 0.3) is 0 Å². The summed E-state index contributed by atoms with van der Waals surface area (Å²) in [5.41, 5.74) is 2.64. The Hall–Kier alpha value is -1.35. The minimum Gasteiger partial charge on any atom is -0.468 e. The molecule has 4 atom stereocenters. The van der Waals surface area contributed by atoms with Gasteiger partial charge >= 0.3 is 5.97 Å². The molecule has 2 fully saturated rings. The molecule has 0 spiro atoms. The van der Waals surface area contributed by atoms with E-state index in [1.54, 1.807) is 0 Å². The number of carbonyl (C=O) groups is 1. The Labute approximate surface area is 133 Å². The van der Waals surface area contributed by atoms with Crippen LogP contribution in [0, 0.1) is 12.8 Å². The number of esters is 1. The van der Waals surface area contributed by atoms with Crippen molar-refractivity contribution in [2.75, 3.05) is 7.11 Å². The molecule has 1 aliphatic heterocycles. The van der Waals surface area contributed by atoms with E-state index in [9.17, 15) is 4.79 Å². The summed E-state index contributed by atoms with van der Waals surface area (Å²) in [6.07, 6.45) is 6.03. The number of nitrogens with zero attached hydrogens (tertiary/aromatic N) is 1. The van der Waals surface area contributed by atoms with Gasteiger partial charge in [-0.2, -0.15) is 0 Å². The number of benzene rings is 1. The van der Waals surface area contributed by atoms with Crippen molar-refractivity contribution < 1.29 is 9.53 Å². The second-order valence-electron chi connectivity index (χ2n) is 6.87. The van der Waals surface area contributed by atoms with Gasteiger partial charge in [0.1, 0.15) is 6.04 Å².